The number of carboxylic acids is 1. The van der Waals surface area contributed by atoms with Gasteiger partial charge in [-0.2, -0.15) is 0 Å². The van der Waals surface area contributed by atoms with Gasteiger partial charge in [-0.1, -0.05) is 0 Å². The Hall–Kier alpha value is -2.94. The second kappa shape index (κ2) is 7.97. The summed E-state index contributed by atoms with van der Waals surface area (Å²) in [7, 11) is -3.59. The van der Waals surface area contributed by atoms with Crippen LogP contribution in [0, 0.1) is 0 Å². The molecule has 0 unspecified atom stereocenters. The highest BCUT2D eigenvalue weighted by Crippen LogP contribution is 2.29. The number of rotatable bonds is 5. The Labute approximate surface area is 163 Å². The summed E-state index contributed by atoms with van der Waals surface area (Å²) >= 11 is 0. The highest BCUT2D eigenvalue weighted by molar-refractivity contribution is 7.90. The van der Waals surface area contributed by atoms with Gasteiger partial charge in [-0.15, -0.1) is 0 Å². The van der Waals surface area contributed by atoms with Gasteiger partial charge in [0.2, 0.25) is 0 Å². The molecule has 0 aliphatic carbocycles. The van der Waals surface area contributed by atoms with E-state index < -0.39 is 15.8 Å². The molecule has 1 fully saturated rings. The van der Waals surface area contributed by atoms with Crippen molar-refractivity contribution in [2.24, 2.45) is 0 Å². The summed E-state index contributed by atoms with van der Waals surface area (Å²) in [6.07, 6.45) is 5.50. The van der Waals surface area contributed by atoms with Crippen molar-refractivity contribution < 1.29 is 23.1 Å². The molecular formula is C19H21N3O5S. The van der Waals surface area contributed by atoms with Crippen molar-refractivity contribution in [3.63, 3.8) is 0 Å². The van der Waals surface area contributed by atoms with Gasteiger partial charge in [0.15, 0.2) is 9.84 Å². The van der Waals surface area contributed by atoms with Crippen LogP contribution >= 0.6 is 0 Å². The van der Waals surface area contributed by atoms with E-state index in [1.54, 1.807) is 24.5 Å². The van der Waals surface area contributed by atoms with Crippen LogP contribution < -0.4 is 10.2 Å². The van der Waals surface area contributed by atoms with Crippen molar-refractivity contribution in [1.82, 2.24) is 10.3 Å². The molecule has 0 bridgehead atoms. The maximum atomic E-state index is 12.3. The Morgan fingerprint density at radius 1 is 1.11 bits per heavy atom. The number of aromatic carboxylic acids is 1. The molecule has 2 N–H and O–H groups in total. The molecule has 1 saturated heterocycles. The van der Waals surface area contributed by atoms with Crippen LogP contribution in [0.1, 0.15) is 33.6 Å². The first-order chi connectivity index (χ1) is 13.3. The van der Waals surface area contributed by atoms with E-state index in [2.05, 4.69) is 10.3 Å². The molecule has 1 aliphatic heterocycles. The molecule has 2 heterocycles. The normalized spacial score (nSPS) is 15.2. The summed E-state index contributed by atoms with van der Waals surface area (Å²) in [5.74, 6) is -1.34. The Bertz CT molecular complexity index is 984. The second-order valence-corrected chi connectivity index (χ2v) is 8.71. The lowest BCUT2D eigenvalue weighted by atomic mass is 10.0. The van der Waals surface area contributed by atoms with Crippen LogP contribution in [0.3, 0.4) is 0 Å². The number of hydrogen-bond acceptors (Lipinski definition) is 6. The van der Waals surface area contributed by atoms with Gasteiger partial charge in [0.05, 0.1) is 16.1 Å². The summed E-state index contributed by atoms with van der Waals surface area (Å²) < 4.78 is 24.3. The van der Waals surface area contributed by atoms with Gasteiger partial charge in [0, 0.05) is 43.3 Å². The Morgan fingerprint density at radius 2 is 1.75 bits per heavy atom. The highest BCUT2D eigenvalue weighted by atomic mass is 32.2. The number of pyridine rings is 1. The molecule has 2 aromatic rings. The molecule has 1 aromatic carbocycles. The van der Waals surface area contributed by atoms with Gasteiger partial charge in [-0.05, 0) is 43.2 Å². The van der Waals surface area contributed by atoms with E-state index in [1.165, 1.54) is 18.2 Å². The second-order valence-electron chi connectivity index (χ2n) is 6.73. The van der Waals surface area contributed by atoms with E-state index in [0.717, 1.165) is 6.26 Å². The molecule has 1 aliphatic rings. The van der Waals surface area contributed by atoms with Crippen LogP contribution in [0.15, 0.2) is 47.6 Å². The Morgan fingerprint density at radius 3 is 2.32 bits per heavy atom. The predicted molar refractivity (Wildman–Crippen MR) is 103 cm³/mol. The van der Waals surface area contributed by atoms with Crippen molar-refractivity contribution in [3.05, 3.63) is 53.9 Å². The number of nitrogens with one attached hydrogen (secondary N) is 1. The number of aromatic nitrogens is 1. The Balaban J connectivity index is 1.71. The third-order valence-corrected chi connectivity index (χ3v) is 5.85. The smallest absolute Gasteiger partial charge is 0.335 e. The molecule has 3 rings (SSSR count). The van der Waals surface area contributed by atoms with E-state index in [9.17, 15) is 18.0 Å². The average molecular weight is 403 g/mol. The third kappa shape index (κ3) is 4.48. The van der Waals surface area contributed by atoms with Crippen LogP contribution in [0.25, 0.3) is 0 Å². The van der Waals surface area contributed by atoms with Gasteiger partial charge in [-0.25, -0.2) is 13.2 Å². The fourth-order valence-corrected chi connectivity index (χ4v) is 4.16. The van der Waals surface area contributed by atoms with Crippen molar-refractivity contribution in [3.8, 4) is 0 Å². The zero-order chi connectivity index (χ0) is 20.3. The van der Waals surface area contributed by atoms with Crippen LogP contribution in [0.4, 0.5) is 5.69 Å². The molecule has 0 atom stereocenters. The lowest BCUT2D eigenvalue weighted by Crippen LogP contribution is -2.45. The monoisotopic (exact) mass is 403 g/mol. The van der Waals surface area contributed by atoms with Crippen molar-refractivity contribution >= 4 is 27.4 Å². The van der Waals surface area contributed by atoms with E-state index in [1.807, 2.05) is 4.90 Å². The van der Waals surface area contributed by atoms with E-state index in [4.69, 9.17) is 5.11 Å². The van der Waals surface area contributed by atoms with Crippen molar-refractivity contribution in [2.45, 2.75) is 23.8 Å². The maximum Gasteiger partial charge on any atom is 0.335 e. The van der Waals surface area contributed by atoms with Gasteiger partial charge < -0.3 is 15.3 Å². The standard InChI is InChI=1S/C19H21N3O5S/c1-28(26,27)17-12-14(19(24)25)2-3-16(17)22-10-6-15(7-11-22)21-18(23)13-4-8-20-9-5-13/h2-5,8-9,12,15H,6-7,10-11H2,1H3,(H,21,23)(H,24,25). The lowest BCUT2D eigenvalue weighted by molar-refractivity contribution is 0.0696. The number of carbonyl (C=O) groups is 2. The molecule has 1 aromatic heterocycles. The number of piperidine rings is 1. The minimum atomic E-state index is -3.59. The SMILES string of the molecule is CS(=O)(=O)c1cc(C(=O)O)ccc1N1CCC(NC(=O)c2ccncc2)CC1. The van der Waals surface area contributed by atoms with E-state index in [0.29, 0.717) is 37.2 Å². The number of carboxylic acid groups (broad SMARTS) is 1. The first-order valence-corrected chi connectivity index (χ1v) is 10.7. The van der Waals surface area contributed by atoms with Gasteiger partial charge in [0.1, 0.15) is 0 Å². The zero-order valence-electron chi connectivity index (χ0n) is 15.3. The van der Waals surface area contributed by atoms with Crippen LogP contribution in [-0.4, -0.2) is 55.8 Å². The number of sulfone groups is 1. The highest BCUT2D eigenvalue weighted by Gasteiger charge is 2.25. The number of nitrogens with zero attached hydrogens (tertiary/aromatic N) is 2. The molecule has 148 valence electrons. The Kier molecular flexibility index (Phi) is 5.64. The quantitative estimate of drug-likeness (QED) is 0.778. The third-order valence-electron chi connectivity index (χ3n) is 4.72. The van der Waals surface area contributed by atoms with Crippen LogP contribution in [-0.2, 0) is 9.84 Å². The number of hydrogen-bond donors (Lipinski definition) is 2. The summed E-state index contributed by atoms with van der Waals surface area (Å²) in [4.78, 5) is 29.3. The van der Waals surface area contributed by atoms with E-state index >= 15 is 0 Å². The summed E-state index contributed by atoms with van der Waals surface area (Å²) in [5.41, 5.74) is 0.969. The molecule has 0 saturated carbocycles. The maximum absolute atomic E-state index is 12.3. The fraction of sp³-hybridized carbons (Fsp3) is 0.316. The molecule has 0 spiro atoms. The molecule has 1 amide bonds. The minimum absolute atomic E-state index is 0.00618. The summed E-state index contributed by atoms with van der Waals surface area (Å²) in [6, 6.07) is 7.42. The number of carbonyl (C=O) groups excluding carboxylic acids is 1. The first-order valence-electron chi connectivity index (χ1n) is 8.79. The van der Waals surface area contributed by atoms with Crippen molar-refractivity contribution in [2.75, 3.05) is 24.2 Å². The average Bonchev–Trinajstić information content (AvgIpc) is 2.68. The number of anilines is 1. The van der Waals surface area contributed by atoms with Crippen LogP contribution in [0.5, 0.6) is 0 Å². The largest absolute Gasteiger partial charge is 0.478 e. The topological polar surface area (TPSA) is 117 Å². The number of benzene rings is 1. The van der Waals surface area contributed by atoms with Gasteiger partial charge in [-0.3, -0.25) is 9.78 Å². The molecule has 0 radical (unpaired) electrons. The number of amides is 1. The summed E-state index contributed by atoms with van der Waals surface area (Å²) in [6.45, 7) is 1.10. The molecule has 8 nitrogen and oxygen atoms in total. The van der Waals surface area contributed by atoms with Gasteiger partial charge >= 0.3 is 5.97 Å². The fourth-order valence-electron chi connectivity index (χ4n) is 3.24. The molecular weight excluding hydrogens is 382 g/mol. The van der Waals surface area contributed by atoms with E-state index in [-0.39, 0.29) is 22.4 Å². The molecule has 9 heteroatoms. The minimum Gasteiger partial charge on any atom is -0.478 e. The van der Waals surface area contributed by atoms with Crippen LogP contribution in [0.2, 0.25) is 0 Å². The zero-order valence-corrected chi connectivity index (χ0v) is 16.1. The van der Waals surface area contributed by atoms with Crippen molar-refractivity contribution in [1.29, 1.82) is 0 Å². The van der Waals surface area contributed by atoms with Gasteiger partial charge in [0.25, 0.3) is 5.91 Å². The first kappa shape index (κ1) is 19.8. The predicted octanol–water partition coefficient (Wildman–Crippen LogP) is 1.58. The molecule has 28 heavy (non-hydrogen) atoms. The lowest BCUT2D eigenvalue weighted by Gasteiger charge is -2.35. The summed E-state index contributed by atoms with van der Waals surface area (Å²) in [5, 5.41) is 12.1.